The van der Waals surface area contributed by atoms with Gasteiger partial charge in [0.25, 0.3) is 0 Å². The van der Waals surface area contributed by atoms with Crippen LogP contribution in [0.25, 0.3) is 0 Å². The van der Waals surface area contributed by atoms with Gasteiger partial charge in [-0.1, -0.05) is 31.8 Å². The fraction of sp³-hybridized carbons (Fsp3) is 0.769. The first-order valence-electron chi connectivity index (χ1n) is 6.63. The van der Waals surface area contributed by atoms with E-state index in [1.165, 1.54) is 0 Å². The molecule has 5 nitrogen and oxygen atoms in total. The maximum Gasteiger partial charge on any atom is 0.307 e. The van der Waals surface area contributed by atoms with Crippen molar-refractivity contribution in [2.75, 3.05) is 0 Å². The first-order chi connectivity index (χ1) is 8.58. The van der Waals surface area contributed by atoms with E-state index in [0.717, 1.165) is 25.7 Å². The van der Waals surface area contributed by atoms with Crippen LogP contribution in [-0.2, 0) is 11.2 Å². The molecule has 100 valence electrons. The van der Waals surface area contributed by atoms with Gasteiger partial charge >= 0.3 is 5.97 Å². The van der Waals surface area contributed by atoms with Crippen LogP contribution in [0, 0.1) is 11.8 Å². The molecule has 1 heterocycles. The van der Waals surface area contributed by atoms with Crippen molar-refractivity contribution >= 4 is 5.97 Å². The van der Waals surface area contributed by atoms with Crippen LogP contribution >= 0.6 is 0 Å². The molecule has 0 amide bonds. The minimum atomic E-state index is -0.747. The molecule has 1 aromatic rings. The molecule has 2 rings (SSSR count). The Labute approximate surface area is 107 Å². The number of hydrogen-bond acceptors (Lipinski definition) is 4. The predicted molar refractivity (Wildman–Crippen MR) is 65.2 cm³/mol. The fourth-order valence-corrected chi connectivity index (χ4v) is 2.59. The summed E-state index contributed by atoms with van der Waals surface area (Å²) in [6.45, 7) is 4.19. The average molecular weight is 252 g/mol. The Kier molecular flexibility index (Phi) is 3.99. The van der Waals surface area contributed by atoms with Crippen LogP contribution in [0.1, 0.15) is 57.2 Å². The van der Waals surface area contributed by atoms with Gasteiger partial charge in [-0.3, -0.25) is 4.79 Å². The van der Waals surface area contributed by atoms with Crippen LogP contribution in [0.5, 0.6) is 0 Å². The second-order valence-corrected chi connectivity index (χ2v) is 5.48. The highest BCUT2D eigenvalue weighted by molar-refractivity contribution is 5.71. The molecule has 0 spiro atoms. The molecule has 1 saturated carbocycles. The van der Waals surface area contributed by atoms with Crippen LogP contribution in [0.4, 0.5) is 0 Å². The van der Waals surface area contributed by atoms with Gasteiger partial charge in [0.2, 0.25) is 5.89 Å². The highest BCUT2D eigenvalue weighted by Crippen LogP contribution is 2.37. The number of rotatable bonds is 4. The Hall–Kier alpha value is -1.39. The Balaban J connectivity index is 2.13. The normalized spacial score (nSPS) is 24.4. The lowest BCUT2D eigenvalue weighted by Crippen LogP contribution is -2.25. The monoisotopic (exact) mass is 252 g/mol. The summed E-state index contributed by atoms with van der Waals surface area (Å²) in [7, 11) is 0. The minimum Gasteiger partial charge on any atom is -0.481 e. The van der Waals surface area contributed by atoms with Crippen molar-refractivity contribution < 1.29 is 14.4 Å². The van der Waals surface area contributed by atoms with E-state index < -0.39 is 5.97 Å². The molecule has 0 radical (unpaired) electrons. The highest BCUT2D eigenvalue weighted by Gasteiger charge is 2.35. The van der Waals surface area contributed by atoms with Crippen LogP contribution in [-0.4, -0.2) is 21.2 Å². The van der Waals surface area contributed by atoms with Gasteiger partial charge in [0, 0.05) is 6.42 Å². The van der Waals surface area contributed by atoms with Crippen molar-refractivity contribution in [3.8, 4) is 0 Å². The predicted octanol–water partition coefficient (Wildman–Crippen LogP) is 2.63. The summed E-state index contributed by atoms with van der Waals surface area (Å²) in [6.07, 6.45) is 4.33. The molecule has 5 heteroatoms. The van der Waals surface area contributed by atoms with Crippen molar-refractivity contribution in [1.29, 1.82) is 0 Å². The molecule has 1 aliphatic carbocycles. The molecule has 2 atom stereocenters. The molecular formula is C13H20N2O3. The van der Waals surface area contributed by atoms with Crippen LogP contribution in [0.15, 0.2) is 4.52 Å². The molecule has 0 aromatic carbocycles. The zero-order valence-electron chi connectivity index (χ0n) is 10.9. The fourth-order valence-electron chi connectivity index (χ4n) is 2.59. The lowest BCUT2D eigenvalue weighted by atomic mass is 9.79. The van der Waals surface area contributed by atoms with Crippen molar-refractivity contribution in [2.24, 2.45) is 11.8 Å². The summed E-state index contributed by atoms with van der Waals surface area (Å²) in [5, 5.41) is 13.2. The number of aromatic nitrogens is 2. The van der Waals surface area contributed by atoms with Crippen molar-refractivity contribution in [2.45, 2.75) is 51.9 Å². The zero-order valence-corrected chi connectivity index (χ0v) is 10.9. The Morgan fingerprint density at radius 2 is 2.17 bits per heavy atom. The lowest BCUT2D eigenvalue weighted by Gasteiger charge is -2.25. The van der Waals surface area contributed by atoms with E-state index in [0.29, 0.717) is 24.1 Å². The Morgan fingerprint density at radius 3 is 2.83 bits per heavy atom. The third kappa shape index (κ3) is 2.89. The number of carbonyl (C=O) groups is 1. The van der Waals surface area contributed by atoms with Gasteiger partial charge in [-0.25, -0.2) is 0 Å². The van der Waals surface area contributed by atoms with Crippen LogP contribution in [0.3, 0.4) is 0 Å². The summed E-state index contributed by atoms with van der Waals surface area (Å²) >= 11 is 0. The van der Waals surface area contributed by atoms with E-state index in [4.69, 9.17) is 4.52 Å². The number of carboxylic acid groups (broad SMARTS) is 1. The third-order valence-electron chi connectivity index (χ3n) is 3.47. The lowest BCUT2D eigenvalue weighted by molar-refractivity contribution is -0.143. The smallest absolute Gasteiger partial charge is 0.307 e. The van der Waals surface area contributed by atoms with Gasteiger partial charge in [0.15, 0.2) is 5.82 Å². The molecule has 1 aliphatic rings. The van der Waals surface area contributed by atoms with E-state index in [-0.39, 0.29) is 11.8 Å². The van der Waals surface area contributed by atoms with Gasteiger partial charge in [-0.2, -0.15) is 4.98 Å². The molecule has 1 fully saturated rings. The van der Waals surface area contributed by atoms with E-state index >= 15 is 0 Å². The second-order valence-electron chi connectivity index (χ2n) is 5.48. The SMILES string of the molecule is CC(C)Cc1noc(C2CCCCC2C(=O)O)n1. The Morgan fingerprint density at radius 1 is 1.44 bits per heavy atom. The summed E-state index contributed by atoms with van der Waals surface area (Å²) in [5.74, 6) is 0.448. The maximum absolute atomic E-state index is 11.2. The van der Waals surface area contributed by atoms with E-state index in [9.17, 15) is 9.90 Å². The average Bonchev–Trinajstić information content (AvgIpc) is 2.76. The number of nitrogens with zero attached hydrogens (tertiary/aromatic N) is 2. The minimum absolute atomic E-state index is 0.107. The standard InChI is InChI=1S/C13H20N2O3/c1-8(2)7-11-14-12(18-15-11)9-5-3-4-6-10(9)13(16)17/h8-10H,3-7H2,1-2H3,(H,16,17). The molecule has 2 unspecified atom stereocenters. The van der Waals surface area contributed by atoms with Gasteiger partial charge in [-0.15, -0.1) is 0 Å². The van der Waals surface area contributed by atoms with Gasteiger partial charge in [0.1, 0.15) is 0 Å². The van der Waals surface area contributed by atoms with Crippen molar-refractivity contribution in [1.82, 2.24) is 10.1 Å². The maximum atomic E-state index is 11.2. The first-order valence-corrected chi connectivity index (χ1v) is 6.63. The van der Waals surface area contributed by atoms with Crippen molar-refractivity contribution in [3.63, 3.8) is 0 Å². The van der Waals surface area contributed by atoms with Crippen LogP contribution in [0.2, 0.25) is 0 Å². The first kappa shape index (κ1) is 13.1. The number of aliphatic carboxylic acids is 1. The molecule has 1 N–H and O–H groups in total. The number of hydrogen-bond donors (Lipinski definition) is 1. The summed E-state index contributed by atoms with van der Waals surface area (Å²) in [5.41, 5.74) is 0. The molecular weight excluding hydrogens is 232 g/mol. The Bertz CT molecular complexity index is 414. The molecule has 0 bridgehead atoms. The van der Waals surface area contributed by atoms with Gasteiger partial charge in [-0.05, 0) is 18.8 Å². The van der Waals surface area contributed by atoms with Crippen LogP contribution < -0.4 is 0 Å². The summed E-state index contributed by atoms with van der Waals surface area (Å²) in [4.78, 5) is 15.6. The third-order valence-corrected chi connectivity index (χ3v) is 3.47. The van der Waals surface area contributed by atoms with E-state index in [1.54, 1.807) is 0 Å². The quantitative estimate of drug-likeness (QED) is 0.891. The van der Waals surface area contributed by atoms with E-state index in [2.05, 4.69) is 24.0 Å². The summed E-state index contributed by atoms with van der Waals surface area (Å²) in [6, 6.07) is 0. The second kappa shape index (κ2) is 5.50. The largest absolute Gasteiger partial charge is 0.481 e. The topological polar surface area (TPSA) is 76.2 Å². The van der Waals surface area contributed by atoms with Gasteiger partial charge < -0.3 is 9.63 Å². The molecule has 0 saturated heterocycles. The highest BCUT2D eigenvalue weighted by atomic mass is 16.5. The summed E-state index contributed by atoms with van der Waals surface area (Å²) < 4.78 is 5.26. The zero-order chi connectivity index (χ0) is 13.1. The van der Waals surface area contributed by atoms with E-state index in [1.807, 2.05) is 0 Å². The molecule has 0 aliphatic heterocycles. The van der Waals surface area contributed by atoms with Crippen molar-refractivity contribution in [3.05, 3.63) is 11.7 Å². The number of carboxylic acids is 1. The molecule has 1 aromatic heterocycles. The van der Waals surface area contributed by atoms with Gasteiger partial charge in [0.05, 0.1) is 11.8 Å². The molecule has 18 heavy (non-hydrogen) atoms.